The molecule has 0 aliphatic rings. The lowest BCUT2D eigenvalue weighted by molar-refractivity contribution is 0.0698. The lowest BCUT2D eigenvalue weighted by Gasteiger charge is -2.20. The summed E-state index contributed by atoms with van der Waals surface area (Å²) in [6.07, 6.45) is 0. The molecule has 0 aliphatic carbocycles. The topological polar surface area (TPSA) is 75.8 Å². The Morgan fingerprint density at radius 3 is 2.50 bits per heavy atom. The summed E-state index contributed by atoms with van der Waals surface area (Å²) in [5, 5.41) is 8.97. The number of hydrogen-bond acceptors (Lipinski definition) is 4. The highest BCUT2D eigenvalue weighted by Crippen LogP contribution is 2.29. The maximum absolute atomic E-state index is 10.9. The van der Waals surface area contributed by atoms with Gasteiger partial charge in [-0.15, -0.1) is 0 Å². The number of aromatic carboxylic acids is 1. The predicted molar refractivity (Wildman–Crippen MR) is 78.9 cm³/mol. The van der Waals surface area contributed by atoms with Crippen molar-refractivity contribution in [2.45, 2.75) is 0 Å². The lowest BCUT2D eigenvalue weighted by Crippen LogP contribution is -2.11. The van der Waals surface area contributed by atoms with E-state index in [0.29, 0.717) is 0 Å². The molecule has 0 spiro atoms. The Labute approximate surface area is 117 Å². The van der Waals surface area contributed by atoms with Crippen LogP contribution in [0.5, 0.6) is 5.75 Å². The van der Waals surface area contributed by atoms with Crippen LogP contribution < -0.4 is 15.4 Å². The average molecular weight is 272 g/mol. The van der Waals surface area contributed by atoms with E-state index in [2.05, 4.69) is 0 Å². The number of carboxylic acids is 1. The molecule has 0 aliphatic heterocycles. The number of benzene rings is 2. The molecule has 0 unspecified atom stereocenters. The number of nitrogens with two attached hydrogens (primary N) is 1. The molecule has 2 rings (SSSR count). The standard InChI is InChI=1S/C15H16N2O3/c1-17(10-4-3-5-12(8-10)20-2)11-6-7-13(15(18)19)14(16)9-11/h3-9H,16H2,1-2H3,(H,18,19). The van der Waals surface area contributed by atoms with Crippen LogP contribution in [0.3, 0.4) is 0 Å². The second kappa shape index (κ2) is 5.52. The van der Waals surface area contributed by atoms with Crippen LogP contribution in [-0.2, 0) is 0 Å². The van der Waals surface area contributed by atoms with E-state index in [-0.39, 0.29) is 11.3 Å². The fourth-order valence-corrected chi connectivity index (χ4v) is 1.92. The molecule has 104 valence electrons. The number of methoxy groups -OCH3 is 1. The van der Waals surface area contributed by atoms with Gasteiger partial charge >= 0.3 is 5.97 Å². The molecule has 0 fully saturated rings. The molecular weight excluding hydrogens is 256 g/mol. The smallest absolute Gasteiger partial charge is 0.337 e. The summed E-state index contributed by atoms with van der Waals surface area (Å²) >= 11 is 0. The zero-order valence-electron chi connectivity index (χ0n) is 11.3. The highest BCUT2D eigenvalue weighted by atomic mass is 16.5. The van der Waals surface area contributed by atoms with Gasteiger partial charge in [-0.25, -0.2) is 4.79 Å². The van der Waals surface area contributed by atoms with Crippen molar-refractivity contribution in [1.29, 1.82) is 0 Å². The first-order valence-electron chi connectivity index (χ1n) is 6.03. The Hall–Kier alpha value is -2.69. The van der Waals surface area contributed by atoms with Gasteiger partial charge in [0.1, 0.15) is 5.75 Å². The summed E-state index contributed by atoms with van der Waals surface area (Å²) in [7, 11) is 3.49. The average Bonchev–Trinajstić information content (AvgIpc) is 2.46. The van der Waals surface area contributed by atoms with Crippen LogP contribution in [0.15, 0.2) is 42.5 Å². The molecular formula is C15H16N2O3. The Morgan fingerprint density at radius 1 is 1.20 bits per heavy atom. The zero-order chi connectivity index (χ0) is 14.7. The van der Waals surface area contributed by atoms with Gasteiger partial charge in [-0.1, -0.05) is 6.07 Å². The van der Waals surface area contributed by atoms with Crippen molar-refractivity contribution in [2.24, 2.45) is 0 Å². The first kappa shape index (κ1) is 13.7. The van der Waals surface area contributed by atoms with Crippen LogP contribution in [0, 0.1) is 0 Å². The van der Waals surface area contributed by atoms with Gasteiger partial charge in [-0.3, -0.25) is 0 Å². The van der Waals surface area contributed by atoms with Gasteiger partial charge in [0.2, 0.25) is 0 Å². The van der Waals surface area contributed by atoms with Crippen molar-refractivity contribution >= 4 is 23.0 Å². The van der Waals surface area contributed by atoms with Gasteiger partial charge < -0.3 is 20.5 Å². The molecule has 0 saturated carbocycles. The summed E-state index contributed by atoms with van der Waals surface area (Å²) < 4.78 is 5.19. The fraction of sp³-hybridized carbons (Fsp3) is 0.133. The number of hydrogen-bond donors (Lipinski definition) is 2. The van der Waals surface area contributed by atoms with Crippen LogP contribution in [0.2, 0.25) is 0 Å². The number of anilines is 3. The van der Waals surface area contributed by atoms with Crippen LogP contribution in [0.25, 0.3) is 0 Å². The van der Waals surface area contributed by atoms with Crippen LogP contribution in [0.1, 0.15) is 10.4 Å². The van der Waals surface area contributed by atoms with Crippen LogP contribution in [0.4, 0.5) is 17.1 Å². The van der Waals surface area contributed by atoms with E-state index in [0.717, 1.165) is 17.1 Å². The molecule has 0 aromatic heterocycles. The predicted octanol–water partition coefficient (Wildman–Crippen LogP) is 2.74. The number of ether oxygens (including phenoxy) is 1. The molecule has 2 aromatic carbocycles. The van der Waals surface area contributed by atoms with Gasteiger partial charge in [0.05, 0.1) is 12.7 Å². The molecule has 5 nitrogen and oxygen atoms in total. The van der Waals surface area contributed by atoms with Crippen molar-refractivity contribution in [3.8, 4) is 5.75 Å². The Balaban J connectivity index is 2.35. The maximum Gasteiger partial charge on any atom is 0.337 e. The minimum Gasteiger partial charge on any atom is -0.497 e. The summed E-state index contributed by atoms with van der Waals surface area (Å²) in [5.41, 5.74) is 7.84. The number of rotatable bonds is 4. The third-order valence-corrected chi connectivity index (χ3v) is 3.09. The third kappa shape index (κ3) is 2.66. The summed E-state index contributed by atoms with van der Waals surface area (Å²) in [5.74, 6) is -0.275. The van der Waals surface area contributed by atoms with Crippen LogP contribution in [-0.4, -0.2) is 25.2 Å². The normalized spacial score (nSPS) is 10.1. The Morgan fingerprint density at radius 2 is 1.90 bits per heavy atom. The van der Waals surface area contributed by atoms with Crippen molar-refractivity contribution in [1.82, 2.24) is 0 Å². The van der Waals surface area contributed by atoms with Crippen molar-refractivity contribution in [2.75, 3.05) is 24.8 Å². The summed E-state index contributed by atoms with van der Waals surface area (Å²) in [4.78, 5) is 12.9. The number of carbonyl (C=O) groups is 1. The van der Waals surface area contributed by atoms with E-state index in [4.69, 9.17) is 15.6 Å². The maximum atomic E-state index is 10.9. The minimum atomic E-state index is -1.03. The second-order valence-electron chi connectivity index (χ2n) is 4.34. The van der Waals surface area contributed by atoms with Gasteiger partial charge in [0.15, 0.2) is 0 Å². The molecule has 0 heterocycles. The van der Waals surface area contributed by atoms with E-state index < -0.39 is 5.97 Å². The van der Waals surface area contributed by atoms with Crippen LogP contribution >= 0.6 is 0 Å². The Bertz CT molecular complexity index is 641. The summed E-state index contributed by atoms with van der Waals surface area (Å²) in [6, 6.07) is 12.4. The SMILES string of the molecule is COc1cccc(N(C)c2ccc(C(=O)O)c(N)c2)c1. The zero-order valence-corrected chi connectivity index (χ0v) is 11.3. The molecule has 0 atom stereocenters. The first-order chi connectivity index (χ1) is 9.52. The fourth-order valence-electron chi connectivity index (χ4n) is 1.92. The second-order valence-corrected chi connectivity index (χ2v) is 4.34. The summed E-state index contributed by atoms with van der Waals surface area (Å²) in [6.45, 7) is 0. The van der Waals surface area contributed by atoms with E-state index in [1.807, 2.05) is 36.2 Å². The molecule has 0 amide bonds. The molecule has 0 radical (unpaired) electrons. The highest BCUT2D eigenvalue weighted by molar-refractivity contribution is 5.94. The molecule has 20 heavy (non-hydrogen) atoms. The first-order valence-corrected chi connectivity index (χ1v) is 6.03. The number of carboxylic acid groups (broad SMARTS) is 1. The van der Waals surface area contributed by atoms with Crippen molar-refractivity contribution in [3.63, 3.8) is 0 Å². The number of nitrogens with zero attached hydrogens (tertiary/aromatic N) is 1. The van der Waals surface area contributed by atoms with Gasteiger partial charge in [-0.2, -0.15) is 0 Å². The highest BCUT2D eigenvalue weighted by Gasteiger charge is 2.11. The van der Waals surface area contributed by atoms with E-state index >= 15 is 0 Å². The number of nitrogen functional groups attached to an aromatic ring is 1. The minimum absolute atomic E-state index is 0.104. The third-order valence-electron chi connectivity index (χ3n) is 3.09. The quantitative estimate of drug-likeness (QED) is 0.837. The molecule has 5 heteroatoms. The van der Waals surface area contributed by atoms with Gasteiger partial charge in [-0.05, 0) is 30.3 Å². The van der Waals surface area contributed by atoms with Crippen molar-refractivity contribution < 1.29 is 14.6 Å². The van der Waals surface area contributed by atoms with E-state index in [1.54, 1.807) is 19.2 Å². The Kier molecular flexibility index (Phi) is 3.79. The van der Waals surface area contributed by atoms with Gasteiger partial charge in [0.25, 0.3) is 0 Å². The lowest BCUT2D eigenvalue weighted by atomic mass is 10.1. The molecule has 3 N–H and O–H groups in total. The van der Waals surface area contributed by atoms with Crippen molar-refractivity contribution in [3.05, 3.63) is 48.0 Å². The largest absolute Gasteiger partial charge is 0.497 e. The van der Waals surface area contributed by atoms with E-state index in [1.165, 1.54) is 6.07 Å². The monoisotopic (exact) mass is 272 g/mol. The molecule has 0 saturated heterocycles. The van der Waals surface area contributed by atoms with Gasteiger partial charge in [0, 0.05) is 30.2 Å². The molecule has 0 bridgehead atoms. The molecule has 2 aromatic rings. The van der Waals surface area contributed by atoms with E-state index in [9.17, 15) is 4.79 Å².